The Bertz CT molecular complexity index is 719. The lowest BCUT2D eigenvalue weighted by atomic mass is 10.1. The zero-order valence-corrected chi connectivity index (χ0v) is 18.3. The molecule has 2 aromatic rings. The topological polar surface area (TPSA) is 50.6 Å². The lowest BCUT2D eigenvalue weighted by Crippen LogP contribution is -2.36. The predicted molar refractivity (Wildman–Crippen MR) is 115 cm³/mol. The van der Waals surface area contributed by atoms with Gasteiger partial charge in [-0.3, -0.25) is 4.99 Å². The van der Waals surface area contributed by atoms with Gasteiger partial charge in [-0.15, -0.1) is 24.0 Å². The SMILES string of the molecule is CN=C(NCc1ccccc1COC)NCc1cc(Cl)c(Cl)n1C.I. The van der Waals surface area contributed by atoms with Gasteiger partial charge in [-0.1, -0.05) is 47.5 Å². The van der Waals surface area contributed by atoms with E-state index in [1.54, 1.807) is 14.2 Å². The maximum absolute atomic E-state index is 6.08. The molecular weight excluding hydrogens is 474 g/mol. The third-order valence-electron chi connectivity index (χ3n) is 3.74. The molecule has 1 aromatic carbocycles. The Morgan fingerprint density at radius 3 is 2.36 bits per heavy atom. The van der Waals surface area contributed by atoms with Crippen molar-refractivity contribution in [2.45, 2.75) is 19.7 Å². The van der Waals surface area contributed by atoms with Gasteiger partial charge in [0.15, 0.2) is 5.96 Å². The van der Waals surface area contributed by atoms with E-state index in [0.717, 1.165) is 11.3 Å². The molecule has 0 spiro atoms. The Hall–Kier alpha value is -0.960. The number of nitrogens with one attached hydrogen (secondary N) is 2. The first kappa shape index (κ1) is 22.1. The van der Waals surface area contributed by atoms with Crippen molar-refractivity contribution in [3.05, 3.63) is 57.3 Å². The van der Waals surface area contributed by atoms with E-state index in [9.17, 15) is 0 Å². The first-order chi connectivity index (χ1) is 11.6. The fourth-order valence-electron chi connectivity index (χ4n) is 2.36. The second-order valence-corrected chi connectivity index (χ2v) is 6.08. The molecule has 1 heterocycles. The molecule has 0 bridgehead atoms. The number of hydrogen-bond acceptors (Lipinski definition) is 2. The fraction of sp³-hybridized carbons (Fsp3) is 0.353. The number of hydrogen-bond donors (Lipinski definition) is 2. The minimum Gasteiger partial charge on any atom is -0.380 e. The molecule has 0 aliphatic heterocycles. The predicted octanol–water partition coefficient (Wildman–Crippen LogP) is 3.96. The summed E-state index contributed by atoms with van der Waals surface area (Å²) in [5.74, 6) is 0.704. The Balaban J connectivity index is 0.00000312. The highest BCUT2D eigenvalue weighted by Gasteiger charge is 2.09. The molecule has 0 fully saturated rings. The van der Waals surface area contributed by atoms with E-state index >= 15 is 0 Å². The molecular formula is C17H23Cl2IN4O. The number of guanidine groups is 1. The van der Waals surface area contributed by atoms with Gasteiger partial charge in [0.25, 0.3) is 0 Å². The summed E-state index contributed by atoms with van der Waals surface area (Å²) in [6, 6.07) is 10.0. The molecule has 1 aromatic heterocycles. The van der Waals surface area contributed by atoms with Gasteiger partial charge in [0.05, 0.1) is 18.2 Å². The summed E-state index contributed by atoms with van der Waals surface area (Å²) in [6.07, 6.45) is 0. The summed E-state index contributed by atoms with van der Waals surface area (Å²) in [7, 11) is 5.31. The molecule has 8 heteroatoms. The maximum atomic E-state index is 6.08. The average molecular weight is 497 g/mol. The molecule has 0 aliphatic rings. The maximum Gasteiger partial charge on any atom is 0.191 e. The highest BCUT2D eigenvalue weighted by Crippen LogP contribution is 2.24. The third kappa shape index (κ3) is 6.06. The van der Waals surface area contributed by atoms with Crippen LogP contribution in [0.1, 0.15) is 16.8 Å². The van der Waals surface area contributed by atoms with Gasteiger partial charge in [0, 0.05) is 33.4 Å². The van der Waals surface area contributed by atoms with Crippen LogP contribution in [0.15, 0.2) is 35.3 Å². The van der Waals surface area contributed by atoms with Crippen LogP contribution in [0.3, 0.4) is 0 Å². The monoisotopic (exact) mass is 496 g/mol. The summed E-state index contributed by atoms with van der Waals surface area (Å²) in [5, 5.41) is 7.64. The standard InChI is InChI=1S/C17H22Cl2N4O.HI/c1-20-17(22-10-14-8-15(18)16(19)23(14)2)21-9-12-6-4-5-7-13(12)11-24-3;/h4-8H,9-11H2,1-3H3,(H2,20,21,22);1H. The average Bonchev–Trinajstić information content (AvgIpc) is 2.83. The van der Waals surface area contributed by atoms with Crippen LogP contribution in [0.5, 0.6) is 0 Å². The number of benzene rings is 1. The lowest BCUT2D eigenvalue weighted by molar-refractivity contribution is 0.184. The number of methoxy groups -OCH3 is 1. The van der Waals surface area contributed by atoms with Gasteiger partial charge in [0.2, 0.25) is 0 Å². The smallest absolute Gasteiger partial charge is 0.191 e. The normalized spacial score (nSPS) is 11.2. The Kier molecular flexibility index (Phi) is 9.63. The highest BCUT2D eigenvalue weighted by molar-refractivity contribution is 14.0. The molecule has 2 N–H and O–H groups in total. The summed E-state index contributed by atoms with van der Waals surface area (Å²) in [5.41, 5.74) is 3.31. The van der Waals surface area contributed by atoms with E-state index in [2.05, 4.69) is 27.8 Å². The van der Waals surface area contributed by atoms with Gasteiger partial charge in [-0.2, -0.15) is 0 Å². The van der Waals surface area contributed by atoms with E-state index in [4.69, 9.17) is 27.9 Å². The molecule has 0 atom stereocenters. The second-order valence-electron chi connectivity index (χ2n) is 5.31. The number of halogens is 3. The van der Waals surface area contributed by atoms with E-state index in [-0.39, 0.29) is 24.0 Å². The number of ether oxygens (including phenoxy) is 1. The van der Waals surface area contributed by atoms with E-state index in [1.165, 1.54) is 5.56 Å². The van der Waals surface area contributed by atoms with Crippen LogP contribution in [-0.4, -0.2) is 24.7 Å². The highest BCUT2D eigenvalue weighted by atomic mass is 127. The number of nitrogens with zero attached hydrogens (tertiary/aromatic N) is 2. The number of rotatable bonds is 6. The zero-order chi connectivity index (χ0) is 17.5. The van der Waals surface area contributed by atoms with Crippen LogP contribution >= 0.6 is 47.2 Å². The van der Waals surface area contributed by atoms with Crippen LogP contribution in [0.25, 0.3) is 0 Å². The van der Waals surface area contributed by atoms with Gasteiger partial charge < -0.3 is 19.9 Å². The van der Waals surface area contributed by atoms with E-state index in [1.807, 2.05) is 29.8 Å². The van der Waals surface area contributed by atoms with Gasteiger partial charge in [-0.25, -0.2) is 0 Å². The molecule has 25 heavy (non-hydrogen) atoms. The molecule has 0 aliphatic carbocycles. The number of aliphatic imine (C=N–C) groups is 1. The molecule has 0 unspecified atom stereocenters. The van der Waals surface area contributed by atoms with Crippen LogP contribution in [0.4, 0.5) is 0 Å². The minimum atomic E-state index is 0. The largest absolute Gasteiger partial charge is 0.380 e. The van der Waals surface area contributed by atoms with Gasteiger partial charge in [-0.05, 0) is 17.2 Å². The molecule has 0 amide bonds. The van der Waals surface area contributed by atoms with Crippen molar-refractivity contribution in [3.8, 4) is 0 Å². The minimum absolute atomic E-state index is 0. The van der Waals surface area contributed by atoms with Crippen LogP contribution in [-0.2, 0) is 31.5 Å². The fourth-order valence-corrected chi connectivity index (χ4v) is 2.77. The third-order valence-corrected chi connectivity index (χ3v) is 4.58. The van der Waals surface area contributed by atoms with Crippen molar-refractivity contribution in [3.63, 3.8) is 0 Å². The van der Waals surface area contributed by atoms with E-state index < -0.39 is 0 Å². The Morgan fingerprint density at radius 1 is 1.16 bits per heavy atom. The van der Waals surface area contributed by atoms with Crippen LogP contribution in [0, 0.1) is 0 Å². The summed E-state index contributed by atoms with van der Waals surface area (Å²) >= 11 is 12.1. The second kappa shape index (κ2) is 10.9. The first-order valence-electron chi connectivity index (χ1n) is 7.56. The number of aromatic nitrogens is 1. The van der Waals surface area contributed by atoms with Crippen LogP contribution in [0.2, 0.25) is 10.2 Å². The van der Waals surface area contributed by atoms with Crippen molar-refractivity contribution in [1.82, 2.24) is 15.2 Å². The summed E-state index contributed by atoms with van der Waals surface area (Å²) < 4.78 is 7.08. The summed E-state index contributed by atoms with van der Waals surface area (Å²) in [6.45, 7) is 1.82. The molecule has 138 valence electrons. The van der Waals surface area contributed by atoms with Crippen molar-refractivity contribution >= 4 is 53.1 Å². The molecule has 5 nitrogen and oxygen atoms in total. The van der Waals surface area contributed by atoms with Crippen molar-refractivity contribution < 1.29 is 4.74 Å². The molecule has 0 radical (unpaired) electrons. The van der Waals surface area contributed by atoms with Crippen LogP contribution < -0.4 is 10.6 Å². The van der Waals surface area contributed by atoms with Crippen molar-refractivity contribution in [2.24, 2.45) is 12.0 Å². The van der Waals surface area contributed by atoms with Crippen molar-refractivity contribution in [1.29, 1.82) is 0 Å². The quantitative estimate of drug-likeness (QED) is 0.361. The molecule has 2 rings (SSSR count). The van der Waals surface area contributed by atoms with E-state index in [0.29, 0.717) is 35.8 Å². The zero-order valence-electron chi connectivity index (χ0n) is 14.5. The van der Waals surface area contributed by atoms with Gasteiger partial charge in [0.1, 0.15) is 5.15 Å². The first-order valence-corrected chi connectivity index (χ1v) is 8.32. The Morgan fingerprint density at radius 2 is 1.80 bits per heavy atom. The van der Waals surface area contributed by atoms with Gasteiger partial charge >= 0.3 is 0 Å². The lowest BCUT2D eigenvalue weighted by Gasteiger charge is -2.14. The molecule has 0 saturated heterocycles. The van der Waals surface area contributed by atoms with Crippen molar-refractivity contribution in [2.75, 3.05) is 14.2 Å². The molecule has 0 saturated carbocycles. The summed E-state index contributed by atoms with van der Waals surface area (Å²) in [4.78, 5) is 4.24. The Labute approximate surface area is 175 Å².